The maximum atomic E-state index is 13.4. The zero-order valence-corrected chi connectivity index (χ0v) is 27.3. The number of H-pyrrole nitrogens is 2. The van der Waals surface area contributed by atoms with Crippen molar-refractivity contribution < 1.29 is 43.2 Å². The molecule has 2 aliphatic heterocycles. The molecule has 0 aliphatic carbocycles. The predicted octanol–water partition coefficient (Wildman–Crippen LogP) is -0.795. The molecule has 17 nitrogen and oxygen atoms in total. The molecular weight excluding hydrogens is 643 g/mol. The van der Waals surface area contributed by atoms with Gasteiger partial charge >= 0.3 is 18.2 Å². The lowest BCUT2D eigenvalue weighted by molar-refractivity contribution is -0.0527. The van der Waals surface area contributed by atoms with Gasteiger partial charge in [-0.1, -0.05) is 20.8 Å². The molecule has 20 heteroatoms. The zero-order chi connectivity index (χ0) is 32.8. The van der Waals surface area contributed by atoms with Gasteiger partial charge in [-0.2, -0.15) is 0 Å². The molecule has 0 amide bonds. The minimum Gasteiger partial charge on any atom is -0.407 e. The van der Waals surface area contributed by atoms with Gasteiger partial charge in [-0.05, 0) is 29.5 Å². The van der Waals surface area contributed by atoms with Gasteiger partial charge in [-0.25, -0.2) is 14.2 Å². The normalized spacial score (nSPS) is 30.8. The van der Waals surface area contributed by atoms with Crippen LogP contribution in [0.4, 0.5) is 0 Å². The highest BCUT2D eigenvalue weighted by molar-refractivity contribution is 8.54. The van der Waals surface area contributed by atoms with Gasteiger partial charge in [0.05, 0.1) is 12.7 Å². The fourth-order valence-corrected chi connectivity index (χ4v) is 8.56. The minimum absolute atomic E-state index is 0.353. The van der Waals surface area contributed by atoms with E-state index in [1.807, 2.05) is 38.8 Å². The molecule has 2 aliphatic rings. The Morgan fingerprint density at radius 2 is 1.45 bits per heavy atom. The number of hydrogen-bond donors (Lipinski definition) is 6. The van der Waals surface area contributed by atoms with Crippen LogP contribution < -0.4 is 22.5 Å². The molecule has 6 N–H and O–H groups in total. The van der Waals surface area contributed by atoms with Crippen LogP contribution >= 0.6 is 18.2 Å². The Morgan fingerprint density at radius 3 is 1.95 bits per heavy atom. The molecule has 0 radical (unpaired) electrons. The summed E-state index contributed by atoms with van der Waals surface area (Å²) in [6.45, 7) is 4.36. The molecule has 2 aromatic rings. The number of hydrogen-bond acceptors (Lipinski definition) is 13. The third-order valence-corrected chi connectivity index (χ3v) is 15.4. The summed E-state index contributed by atoms with van der Waals surface area (Å²) < 4.78 is 39.0. The van der Waals surface area contributed by atoms with Gasteiger partial charge in [0, 0.05) is 30.3 Å². The SMILES string of the molecule is CC(C)(C)[Si](C)(C)O[C@@H]1[C@H](OP(=O)(O)SC[C@H]2O[C@@H](n3ccc(=O)[nH]c3=O)[C@H](O)[C@@H]2O)[C@@H](CO)O[C@H]1n1ccc(=O)[nH]c1=O. The third kappa shape index (κ3) is 7.28. The summed E-state index contributed by atoms with van der Waals surface area (Å²) in [5.41, 5.74) is -3.04. The second-order valence-corrected chi connectivity index (χ2v) is 20.7. The van der Waals surface area contributed by atoms with E-state index in [4.69, 9.17) is 18.4 Å². The van der Waals surface area contributed by atoms with E-state index >= 15 is 0 Å². The monoisotopic (exact) mass is 680 g/mol. The average Bonchev–Trinajstić information content (AvgIpc) is 3.37. The largest absolute Gasteiger partial charge is 0.407 e. The van der Waals surface area contributed by atoms with Crippen LogP contribution in [0.5, 0.6) is 0 Å². The Balaban J connectivity index is 1.56. The van der Waals surface area contributed by atoms with E-state index in [0.29, 0.717) is 11.4 Å². The highest BCUT2D eigenvalue weighted by atomic mass is 32.7. The van der Waals surface area contributed by atoms with E-state index in [1.165, 1.54) is 6.20 Å². The maximum Gasteiger partial charge on any atom is 0.387 e. The topological polar surface area (TPSA) is 245 Å². The summed E-state index contributed by atoms with van der Waals surface area (Å²) in [4.78, 5) is 62.9. The van der Waals surface area contributed by atoms with Gasteiger partial charge in [0.2, 0.25) is 0 Å². The van der Waals surface area contributed by atoms with Crippen molar-refractivity contribution in [3.63, 3.8) is 0 Å². The summed E-state index contributed by atoms with van der Waals surface area (Å²) in [6.07, 6.45) is -8.54. The molecule has 4 rings (SSSR count). The van der Waals surface area contributed by atoms with Crippen molar-refractivity contribution in [1.82, 2.24) is 19.1 Å². The first-order valence-corrected chi connectivity index (χ1v) is 19.7. The molecule has 44 heavy (non-hydrogen) atoms. The Labute approximate surface area is 255 Å². The van der Waals surface area contributed by atoms with Gasteiger partial charge in [-0.3, -0.25) is 33.2 Å². The quantitative estimate of drug-likeness (QED) is 0.133. The molecule has 0 saturated carbocycles. The number of nitrogens with zero attached hydrogens (tertiary/aromatic N) is 2. The van der Waals surface area contributed by atoms with Crippen molar-refractivity contribution in [2.45, 2.75) is 88.0 Å². The third-order valence-electron chi connectivity index (χ3n) is 7.95. The first kappa shape index (κ1) is 34.7. The molecule has 2 saturated heterocycles. The van der Waals surface area contributed by atoms with Crippen molar-refractivity contribution in [3.8, 4) is 0 Å². The summed E-state index contributed by atoms with van der Waals surface area (Å²) >= 11 is 0.363. The standard InChI is InChI=1S/C24H37N4O13PSSi/c1-24(2,3)44(4,5)41-19-18(12(10-29)38-21(19)28-9-7-15(31)26-23(28)35)40-42(36,37)43-11-13-16(32)17(33)20(39-13)27-8-6-14(30)25-22(27)34/h6-9,12-13,16-21,29,32-33H,10-11H2,1-5H3,(H,36,37)(H,25,30,34)(H,26,31,35)/t12-,13-,16-,17-,18-,19-,20-,21-/m1/s1. The van der Waals surface area contributed by atoms with E-state index < -0.39 is 93.3 Å². The van der Waals surface area contributed by atoms with Gasteiger partial charge in [-0.15, -0.1) is 0 Å². The molecule has 2 aromatic heterocycles. The Morgan fingerprint density at radius 1 is 0.932 bits per heavy atom. The molecule has 246 valence electrons. The summed E-state index contributed by atoms with van der Waals surface area (Å²) in [7, 11) is -2.68. The van der Waals surface area contributed by atoms with Crippen LogP contribution in [0, 0.1) is 0 Å². The first-order chi connectivity index (χ1) is 20.3. The number of ether oxygens (including phenoxy) is 2. The van der Waals surface area contributed by atoms with Crippen LogP contribution in [0.1, 0.15) is 33.2 Å². The van der Waals surface area contributed by atoms with Gasteiger partial charge < -0.3 is 34.1 Å². The lowest BCUT2D eigenvalue weighted by Gasteiger charge is -2.40. The first-order valence-electron chi connectivity index (χ1n) is 13.6. The Bertz CT molecular complexity index is 1620. The molecule has 0 bridgehead atoms. The van der Waals surface area contributed by atoms with E-state index in [-0.39, 0.29) is 10.8 Å². The van der Waals surface area contributed by atoms with Crippen molar-refractivity contribution in [3.05, 3.63) is 66.2 Å². The second-order valence-electron chi connectivity index (χ2n) is 12.0. The maximum absolute atomic E-state index is 13.4. The molecule has 0 spiro atoms. The molecule has 4 heterocycles. The number of aliphatic hydroxyl groups is 3. The highest BCUT2D eigenvalue weighted by Crippen LogP contribution is 2.59. The van der Waals surface area contributed by atoms with Crippen molar-refractivity contribution in [2.24, 2.45) is 0 Å². The van der Waals surface area contributed by atoms with Crippen LogP contribution in [0.3, 0.4) is 0 Å². The molecule has 0 aromatic carbocycles. The summed E-state index contributed by atoms with van der Waals surface area (Å²) in [5.74, 6) is -0.380. The fraction of sp³-hybridized carbons (Fsp3) is 0.667. The van der Waals surface area contributed by atoms with Gasteiger partial charge in [0.25, 0.3) is 11.1 Å². The average molecular weight is 681 g/mol. The molecule has 2 fully saturated rings. The second kappa shape index (κ2) is 12.9. The number of aliphatic hydroxyl groups excluding tert-OH is 3. The van der Waals surface area contributed by atoms with E-state index in [9.17, 15) is 44.0 Å². The zero-order valence-electron chi connectivity index (χ0n) is 24.6. The Kier molecular flexibility index (Phi) is 10.2. The van der Waals surface area contributed by atoms with Crippen molar-refractivity contribution in [2.75, 3.05) is 12.4 Å². The fourth-order valence-electron chi connectivity index (χ4n) is 4.55. The highest BCUT2D eigenvalue weighted by Gasteiger charge is 2.54. The van der Waals surface area contributed by atoms with Crippen molar-refractivity contribution in [1.29, 1.82) is 0 Å². The smallest absolute Gasteiger partial charge is 0.387 e. The predicted molar refractivity (Wildman–Crippen MR) is 159 cm³/mol. The van der Waals surface area contributed by atoms with Crippen LogP contribution in [0.2, 0.25) is 18.1 Å². The van der Waals surface area contributed by atoms with E-state index in [2.05, 4.69) is 4.98 Å². The van der Waals surface area contributed by atoms with Gasteiger partial charge in [0.15, 0.2) is 20.8 Å². The lowest BCUT2D eigenvalue weighted by Crippen LogP contribution is -2.50. The Hall–Kier alpha value is -2.16. The van der Waals surface area contributed by atoms with E-state index in [1.54, 1.807) is 0 Å². The molecular formula is C24H37N4O13PSSi. The molecule has 1 unspecified atom stereocenters. The van der Waals surface area contributed by atoms with Crippen LogP contribution in [0.25, 0.3) is 0 Å². The van der Waals surface area contributed by atoms with Crippen LogP contribution in [-0.4, -0.2) is 96.6 Å². The van der Waals surface area contributed by atoms with Crippen LogP contribution in [0.15, 0.2) is 43.7 Å². The number of rotatable bonds is 10. The minimum atomic E-state index is -4.65. The van der Waals surface area contributed by atoms with Crippen LogP contribution in [-0.2, 0) is 23.0 Å². The van der Waals surface area contributed by atoms with E-state index in [0.717, 1.165) is 27.5 Å². The number of nitrogens with one attached hydrogen (secondary N) is 2. The van der Waals surface area contributed by atoms with Gasteiger partial charge in [0.1, 0.15) is 30.5 Å². The number of aromatic nitrogens is 4. The molecule has 9 atom stereocenters. The van der Waals surface area contributed by atoms with Crippen molar-refractivity contribution >= 4 is 26.5 Å². The summed E-state index contributed by atoms with van der Waals surface area (Å²) in [5, 5.41) is 30.8. The summed E-state index contributed by atoms with van der Waals surface area (Å²) in [6, 6.07) is 2.12. The number of aromatic amines is 2. The lowest BCUT2D eigenvalue weighted by atomic mass is 10.1.